The van der Waals surface area contributed by atoms with Crippen LogP contribution in [0.4, 0.5) is 0 Å². The third kappa shape index (κ3) is 3.61. The molecule has 24 heavy (non-hydrogen) atoms. The Morgan fingerprint density at radius 2 is 1.92 bits per heavy atom. The Hall–Kier alpha value is -1.88. The summed E-state index contributed by atoms with van der Waals surface area (Å²) < 4.78 is 0. The lowest BCUT2D eigenvalue weighted by molar-refractivity contribution is -0.141. The van der Waals surface area contributed by atoms with Gasteiger partial charge >= 0.3 is 5.97 Å². The van der Waals surface area contributed by atoms with E-state index in [0.29, 0.717) is 6.54 Å². The quantitative estimate of drug-likeness (QED) is 0.919. The van der Waals surface area contributed by atoms with Crippen molar-refractivity contribution >= 4 is 11.9 Å². The van der Waals surface area contributed by atoms with E-state index in [2.05, 4.69) is 17.0 Å². The second-order valence-electron chi connectivity index (χ2n) is 7.35. The van der Waals surface area contributed by atoms with E-state index >= 15 is 0 Å². The zero-order chi connectivity index (χ0) is 17.2. The summed E-state index contributed by atoms with van der Waals surface area (Å²) in [6.45, 7) is 3.30. The molecular formula is C19H26N2O3. The highest BCUT2D eigenvalue weighted by Gasteiger charge is 2.44. The number of benzene rings is 1. The van der Waals surface area contributed by atoms with Crippen molar-refractivity contribution in [1.29, 1.82) is 0 Å². The number of carboxylic acid groups (broad SMARTS) is 1. The molecule has 0 bridgehead atoms. The molecule has 2 fully saturated rings. The van der Waals surface area contributed by atoms with Gasteiger partial charge in [-0.25, -0.2) is 0 Å². The predicted molar refractivity (Wildman–Crippen MR) is 91.8 cm³/mol. The molecule has 3 rings (SSSR count). The van der Waals surface area contributed by atoms with Crippen LogP contribution in [0.15, 0.2) is 30.3 Å². The number of carbonyl (C=O) groups is 2. The van der Waals surface area contributed by atoms with Gasteiger partial charge in [-0.05, 0) is 43.3 Å². The Kier molecular flexibility index (Phi) is 4.90. The van der Waals surface area contributed by atoms with E-state index in [9.17, 15) is 9.59 Å². The van der Waals surface area contributed by atoms with E-state index in [-0.39, 0.29) is 23.7 Å². The maximum absolute atomic E-state index is 12.6. The number of hydrogen-bond acceptors (Lipinski definition) is 3. The lowest BCUT2D eigenvalue weighted by Gasteiger charge is -2.49. The maximum atomic E-state index is 12.6. The van der Waals surface area contributed by atoms with Crippen molar-refractivity contribution in [3.63, 3.8) is 0 Å². The molecule has 1 spiro atoms. The summed E-state index contributed by atoms with van der Waals surface area (Å²) in [5.74, 6) is -0.557. The first-order valence-corrected chi connectivity index (χ1v) is 8.73. The summed E-state index contributed by atoms with van der Waals surface area (Å²) in [5, 5.41) is 8.84. The number of likely N-dealkylation sites (N-methyl/N-ethyl adjacent to an activating group) is 1. The number of aliphatic carboxylic acids is 1. The van der Waals surface area contributed by atoms with E-state index in [4.69, 9.17) is 5.11 Å². The van der Waals surface area contributed by atoms with Crippen LogP contribution in [0.25, 0.3) is 0 Å². The highest BCUT2D eigenvalue weighted by Crippen LogP contribution is 2.45. The van der Waals surface area contributed by atoms with Gasteiger partial charge in [0.2, 0.25) is 5.91 Å². The van der Waals surface area contributed by atoms with Gasteiger partial charge in [0, 0.05) is 20.1 Å². The molecule has 2 saturated heterocycles. The standard InChI is InChI=1S/C19H26N2O3/c1-20-14-19(8-11-21(12-9-19)10-7-17(22)23)13-16(18(20)24)15-5-3-2-4-6-15/h2-6,16H,7-14H2,1H3,(H,22,23)/t16-/m1/s1. The fourth-order valence-corrected chi connectivity index (χ4v) is 4.24. The van der Waals surface area contributed by atoms with E-state index in [0.717, 1.165) is 44.5 Å². The van der Waals surface area contributed by atoms with E-state index in [1.807, 2.05) is 30.1 Å². The van der Waals surface area contributed by atoms with Crippen molar-refractivity contribution in [1.82, 2.24) is 9.80 Å². The summed E-state index contributed by atoms with van der Waals surface area (Å²) in [6, 6.07) is 10.1. The van der Waals surface area contributed by atoms with Gasteiger partial charge in [-0.1, -0.05) is 30.3 Å². The lowest BCUT2D eigenvalue weighted by atomic mass is 9.67. The molecule has 0 unspecified atom stereocenters. The average Bonchev–Trinajstić information content (AvgIpc) is 2.58. The van der Waals surface area contributed by atoms with E-state index in [1.165, 1.54) is 0 Å². The van der Waals surface area contributed by atoms with Crippen molar-refractivity contribution in [3.05, 3.63) is 35.9 Å². The van der Waals surface area contributed by atoms with Gasteiger partial charge in [-0.2, -0.15) is 0 Å². The van der Waals surface area contributed by atoms with Gasteiger partial charge in [0.25, 0.3) is 0 Å². The summed E-state index contributed by atoms with van der Waals surface area (Å²) in [5.41, 5.74) is 1.28. The van der Waals surface area contributed by atoms with Gasteiger partial charge < -0.3 is 14.9 Å². The van der Waals surface area contributed by atoms with Crippen molar-refractivity contribution in [2.75, 3.05) is 33.2 Å². The molecule has 1 atom stereocenters. The van der Waals surface area contributed by atoms with E-state index in [1.54, 1.807) is 0 Å². The molecule has 2 aliphatic rings. The number of rotatable bonds is 4. The number of amides is 1. The van der Waals surface area contributed by atoms with Crippen LogP contribution < -0.4 is 0 Å². The number of hydrogen-bond donors (Lipinski definition) is 1. The van der Waals surface area contributed by atoms with Gasteiger partial charge in [0.15, 0.2) is 0 Å². The molecule has 1 aromatic carbocycles. The molecule has 1 aromatic rings. The monoisotopic (exact) mass is 330 g/mol. The van der Waals surface area contributed by atoms with Crippen molar-refractivity contribution in [3.8, 4) is 0 Å². The van der Waals surface area contributed by atoms with Crippen LogP contribution in [0.5, 0.6) is 0 Å². The van der Waals surface area contributed by atoms with Crippen molar-refractivity contribution in [2.24, 2.45) is 5.41 Å². The number of carbonyl (C=O) groups excluding carboxylic acids is 1. The van der Waals surface area contributed by atoms with Crippen LogP contribution in [0.2, 0.25) is 0 Å². The second-order valence-corrected chi connectivity index (χ2v) is 7.35. The van der Waals surface area contributed by atoms with Gasteiger partial charge in [-0.3, -0.25) is 9.59 Å². The molecular weight excluding hydrogens is 304 g/mol. The molecule has 1 N–H and O–H groups in total. The highest BCUT2D eigenvalue weighted by atomic mass is 16.4. The molecule has 0 aromatic heterocycles. The zero-order valence-electron chi connectivity index (χ0n) is 14.3. The van der Waals surface area contributed by atoms with Crippen LogP contribution in [0.1, 0.15) is 37.2 Å². The van der Waals surface area contributed by atoms with Crippen molar-refractivity contribution < 1.29 is 14.7 Å². The zero-order valence-corrected chi connectivity index (χ0v) is 14.3. The summed E-state index contributed by atoms with van der Waals surface area (Å²) in [6.07, 6.45) is 3.19. The minimum absolute atomic E-state index is 0.0458. The summed E-state index contributed by atoms with van der Waals surface area (Å²) >= 11 is 0. The first-order valence-electron chi connectivity index (χ1n) is 8.73. The minimum atomic E-state index is -0.734. The van der Waals surface area contributed by atoms with Crippen LogP contribution >= 0.6 is 0 Å². The molecule has 2 heterocycles. The smallest absolute Gasteiger partial charge is 0.304 e. The Morgan fingerprint density at radius 3 is 2.54 bits per heavy atom. The normalized spacial score (nSPS) is 24.3. The SMILES string of the molecule is CN1CC2(CCN(CCC(=O)O)CC2)C[C@H](c2ccccc2)C1=O. The van der Waals surface area contributed by atoms with Crippen LogP contribution in [-0.2, 0) is 9.59 Å². The van der Waals surface area contributed by atoms with Crippen LogP contribution in [0.3, 0.4) is 0 Å². The number of nitrogens with zero attached hydrogens (tertiary/aromatic N) is 2. The third-order valence-corrected chi connectivity index (χ3v) is 5.64. The number of carboxylic acids is 1. The maximum Gasteiger partial charge on any atom is 0.304 e. The Balaban J connectivity index is 1.68. The average molecular weight is 330 g/mol. The largest absolute Gasteiger partial charge is 0.481 e. The molecule has 5 heteroatoms. The van der Waals surface area contributed by atoms with Gasteiger partial charge in [0.1, 0.15) is 0 Å². The number of likely N-dealkylation sites (tertiary alicyclic amines) is 2. The number of piperidine rings is 2. The molecule has 5 nitrogen and oxygen atoms in total. The van der Waals surface area contributed by atoms with Gasteiger partial charge in [0.05, 0.1) is 12.3 Å². The third-order valence-electron chi connectivity index (χ3n) is 5.64. The van der Waals surface area contributed by atoms with Crippen molar-refractivity contribution in [2.45, 2.75) is 31.6 Å². The fraction of sp³-hybridized carbons (Fsp3) is 0.579. The van der Waals surface area contributed by atoms with E-state index < -0.39 is 5.97 Å². The van der Waals surface area contributed by atoms with Crippen LogP contribution in [0, 0.1) is 5.41 Å². The first kappa shape index (κ1) is 17.0. The Labute approximate surface area is 143 Å². The molecule has 0 aliphatic carbocycles. The molecule has 130 valence electrons. The molecule has 1 amide bonds. The second kappa shape index (κ2) is 6.93. The molecule has 2 aliphatic heterocycles. The minimum Gasteiger partial charge on any atom is -0.481 e. The lowest BCUT2D eigenvalue weighted by Crippen LogP contribution is -2.52. The predicted octanol–water partition coefficient (Wildman–Crippen LogP) is 2.19. The van der Waals surface area contributed by atoms with Crippen LogP contribution in [-0.4, -0.2) is 60.0 Å². The summed E-state index contributed by atoms with van der Waals surface area (Å²) in [4.78, 5) is 27.5. The Bertz CT molecular complexity index is 594. The molecule has 0 saturated carbocycles. The highest BCUT2D eigenvalue weighted by molar-refractivity contribution is 5.84. The topological polar surface area (TPSA) is 60.9 Å². The molecule has 0 radical (unpaired) electrons. The van der Waals surface area contributed by atoms with Gasteiger partial charge in [-0.15, -0.1) is 0 Å². The first-order chi connectivity index (χ1) is 11.5. The fourth-order valence-electron chi connectivity index (χ4n) is 4.24. The summed E-state index contributed by atoms with van der Waals surface area (Å²) in [7, 11) is 1.91. The Morgan fingerprint density at radius 1 is 1.25 bits per heavy atom.